The molecule has 0 radical (unpaired) electrons. The molecule has 1 atom stereocenters. The summed E-state index contributed by atoms with van der Waals surface area (Å²) in [6.07, 6.45) is -0.951. The van der Waals surface area contributed by atoms with Crippen molar-refractivity contribution in [1.29, 1.82) is 0 Å². The Kier molecular flexibility index (Phi) is 8.84. The Balaban J connectivity index is 2.16. The van der Waals surface area contributed by atoms with Crippen molar-refractivity contribution in [2.24, 2.45) is 0 Å². The first-order valence-electron chi connectivity index (χ1n) is 12.2. The van der Waals surface area contributed by atoms with E-state index in [1.54, 1.807) is 82.3 Å². The molecule has 0 N–H and O–H groups in total. The van der Waals surface area contributed by atoms with Crippen molar-refractivity contribution >= 4 is 29.5 Å². The van der Waals surface area contributed by atoms with Crippen LogP contribution in [0.5, 0.6) is 5.75 Å². The van der Waals surface area contributed by atoms with Crippen molar-refractivity contribution in [3.63, 3.8) is 0 Å². The minimum Gasteiger partial charge on any atom is -0.496 e. The fraction of sp³-hybridized carbons (Fsp3) is 0.300. The van der Waals surface area contributed by atoms with Gasteiger partial charge in [0.2, 0.25) is 5.56 Å². The van der Waals surface area contributed by atoms with Gasteiger partial charge in [-0.1, -0.05) is 65.2 Å². The van der Waals surface area contributed by atoms with Gasteiger partial charge in [0, 0.05) is 22.3 Å². The summed E-state index contributed by atoms with van der Waals surface area (Å²) in [5.74, 6) is -0.908. The number of carbonyl (C=O) groups excluding carboxylic acids is 3. The van der Waals surface area contributed by atoms with Gasteiger partial charge < -0.3 is 9.47 Å². The number of hydrogen-bond acceptors (Lipinski definition) is 5. The number of nitrogens with zero attached hydrogens (tertiary/aromatic N) is 2. The van der Waals surface area contributed by atoms with Crippen LogP contribution in [0.1, 0.15) is 69.3 Å². The highest BCUT2D eigenvalue weighted by Gasteiger charge is 2.42. The van der Waals surface area contributed by atoms with Crippen LogP contribution >= 0.6 is 11.6 Å². The summed E-state index contributed by atoms with van der Waals surface area (Å²) in [4.78, 5) is 41.9. The predicted molar refractivity (Wildman–Crippen MR) is 147 cm³/mol. The zero-order chi connectivity index (χ0) is 28.2. The second-order valence-corrected chi connectivity index (χ2v) is 10.4. The highest BCUT2D eigenvalue weighted by Crippen LogP contribution is 2.30. The number of amides is 3. The summed E-state index contributed by atoms with van der Waals surface area (Å²) >= 11 is 6.42. The second-order valence-electron chi connectivity index (χ2n) is 10.0. The van der Waals surface area contributed by atoms with Crippen molar-refractivity contribution in [2.75, 3.05) is 7.11 Å². The SMILES string of the molecule is COc1cccc(C(=O)N(C(=O)c2cc(C)cc(C)c2)N(C(=O)OC(Cl)c2ccccc2)C(C)(C)C)c1C. The highest BCUT2D eigenvalue weighted by atomic mass is 35.5. The molecule has 200 valence electrons. The molecule has 0 aliphatic heterocycles. The number of imide groups is 1. The molecule has 0 aliphatic carbocycles. The number of benzene rings is 3. The number of aryl methyl sites for hydroxylation is 2. The molecule has 0 spiro atoms. The van der Waals surface area contributed by atoms with E-state index in [0.717, 1.165) is 21.1 Å². The van der Waals surface area contributed by atoms with Gasteiger partial charge in [-0.25, -0.2) is 9.80 Å². The van der Waals surface area contributed by atoms with E-state index >= 15 is 0 Å². The molecule has 38 heavy (non-hydrogen) atoms. The number of hydrogen-bond donors (Lipinski definition) is 0. The van der Waals surface area contributed by atoms with E-state index in [9.17, 15) is 14.4 Å². The highest BCUT2D eigenvalue weighted by molar-refractivity contribution is 6.20. The molecule has 3 amide bonds. The van der Waals surface area contributed by atoms with E-state index in [-0.39, 0.29) is 11.1 Å². The molecule has 3 aromatic rings. The van der Waals surface area contributed by atoms with Gasteiger partial charge in [-0.05, 0) is 65.8 Å². The molecule has 0 saturated carbocycles. The average molecular weight is 537 g/mol. The Hall–Kier alpha value is -3.84. The second kappa shape index (κ2) is 11.7. The number of hydrazine groups is 1. The molecule has 7 nitrogen and oxygen atoms in total. The van der Waals surface area contributed by atoms with Gasteiger partial charge in [0.05, 0.1) is 12.6 Å². The van der Waals surface area contributed by atoms with Gasteiger partial charge in [-0.3, -0.25) is 9.59 Å². The first-order chi connectivity index (χ1) is 17.8. The summed E-state index contributed by atoms with van der Waals surface area (Å²) in [7, 11) is 1.50. The molecule has 3 rings (SSSR count). The third kappa shape index (κ3) is 6.34. The Morgan fingerprint density at radius 2 is 1.45 bits per heavy atom. The summed E-state index contributed by atoms with van der Waals surface area (Å²) in [5.41, 5.74) is 1.03. The van der Waals surface area contributed by atoms with Crippen molar-refractivity contribution < 1.29 is 23.9 Å². The predicted octanol–water partition coefficient (Wildman–Crippen LogP) is 6.99. The molecule has 8 heteroatoms. The van der Waals surface area contributed by atoms with Crippen molar-refractivity contribution in [3.05, 3.63) is 100 Å². The van der Waals surface area contributed by atoms with Crippen molar-refractivity contribution in [1.82, 2.24) is 10.0 Å². The molecule has 0 saturated heterocycles. The largest absolute Gasteiger partial charge is 0.496 e. The summed E-state index contributed by atoms with van der Waals surface area (Å²) < 4.78 is 11.0. The van der Waals surface area contributed by atoms with E-state index in [1.807, 2.05) is 26.0 Å². The number of rotatable bonds is 5. The lowest BCUT2D eigenvalue weighted by molar-refractivity contribution is -0.0453. The number of alkyl halides is 1. The molecule has 0 fully saturated rings. The fourth-order valence-electron chi connectivity index (χ4n) is 4.14. The molecular weight excluding hydrogens is 504 g/mol. The van der Waals surface area contributed by atoms with Crippen LogP contribution in [0.4, 0.5) is 4.79 Å². The zero-order valence-electron chi connectivity index (χ0n) is 22.7. The summed E-state index contributed by atoms with van der Waals surface area (Å²) in [6.45, 7) is 10.5. The molecule has 1 unspecified atom stereocenters. The Labute approximate surface area is 228 Å². The third-order valence-corrected chi connectivity index (χ3v) is 6.20. The quantitative estimate of drug-likeness (QED) is 0.199. The van der Waals surface area contributed by atoms with E-state index < -0.39 is 29.0 Å². The number of halogens is 1. The minimum absolute atomic E-state index is 0.203. The lowest BCUT2D eigenvalue weighted by Gasteiger charge is -2.41. The van der Waals surface area contributed by atoms with E-state index in [4.69, 9.17) is 21.1 Å². The van der Waals surface area contributed by atoms with Gasteiger partial charge in [0.1, 0.15) is 5.75 Å². The average Bonchev–Trinajstić information content (AvgIpc) is 2.85. The van der Waals surface area contributed by atoms with Crippen LogP contribution in [0.15, 0.2) is 66.7 Å². The smallest absolute Gasteiger partial charge is 0.431 e. The fourth-order valence-corrected chi connectivity index (χ4v) is 4.36. The Bertz CT molecular complexity index is 1310. The van der Waals surface area contributed by atoms with Crippen molar-refractivity contribution in [2.45, 2.75) is 52.6 Å². The normalized spacial score (nSPS) is 11.9. The van der Waals surface area contributed by atoms with Crippen LogP contribution in [0, 0.1) is 20.8 Å². The Morgan fingerprint density at radius 3 is 2.00 bits per heavy atom. The minimum atomic E-state index is -1.14. The molecule has 3 aromatic carbocycles. The first kappa shape index (κ1) is 28.7. The van der Waals surface area contributed by atoms with Crippen LogP contribution < -0.4 is 4.74 Å². The first-order valence-corrected chi connectivity index (χ1v) is 12.6. The number of methoxy groups -OCH3 is 1. The molecule has 0 heterocycles. The lowest BCUT2D eigenvalue weighted by Crippen LogP contribution is -2.60. The molecule has 0 aliphatic rings. The molecular formula is C30H33ClN2O5. The van der Waals surface area contributed by atoms with Gasteiger partial charge in [-0.2, -0.15) is 5.01 Å². The maximum Gasteiger partial charge on any atom is 0.431 e. The van der Waals surface area contributed by atoms with Gasteiger partial charge >= 0.3 is 6.09 Å². The standard InChI is InChI=1S/C30H33ClN2O5/c1-19-16-20(2)18-23(17-19)27(34)32(28(35)24-14-11-15-25(37-7)21(24)3)33(30(4,5)6)29(36)38-26(31)22-12-9-8-10-13-22/h8-18,26H,1-7H3. The van der Waals surface area contributed by atoms with E-state index in [2.05, 4.69) is 0 Å². The summed E-state index contributed by atoms with van der Waals surface area (Å²) in [6, 6.07) is 19.0. The topological polar surface area (TPSA) is 76.2 Å². The molecule has 0 bridgehead atoms. The van der Waals surface area contributed by atoms with Crippen LogP contribution in [0.2, 0.25) is 0 Å². The zero-order valence-corrected chi connectivity index (χ0v) is 23.5. The van der Waals surface area contributed by atoms with Gasteiger partial charge in [0.25, 0.3) is 11.8 Å². The maximum atomic E-state index is 14.1. The Morgan fingerprint density at radius 1 is 0.842 bits per heavy atom. The van der Waals surface area contributed by atoms with Crippen molar-refractivity contribution in [3.8, 4) is 5.75 Å². The van der Waals surface area contributed by atoms with E-state index in [1.165, 1.54) is 7.11 Å². The third-order valence-electron chi connectivity index (χ3n) is 5.86. The van der Waals surface area contributed by atoms with Crippen LogP contribution in [0.3, 0.4) is 0 Å². The summed E-state index contributed by atoms with van der Waals surface area (Å²) in [5, 5.41) is 1.86. The monoisotopic (exact) mass is 536 g/mol. The number of carbonyl (C=O) groups is 3. The molecule has 0 aromatic heterocycles. The number of ether oxygens (including phenoxy) is 2. The van der Waals surface area contributed by atoms with Crippen LogP contribution in [-0.4, -0.2) is 40.6 Å². The lowest BCUT2D eigenvalue weighted by atomic mass is 10.0. The van der Waals surface area contributed by atoms with E-state index in [0.29, 0.717) is 16.9 Å². The van der Waals surface area contributed by atoms with Gasteiger partial charge in [-0.15, -0.1) is 0 Å². The van der Waals surface area contributed by atoms with Crippen LogP contribution in [0.25, 0.3) is 0 Å². The van der Waals surface area contributed by atoms with Crippen LogP contribution in [-0.2, 0) is 4.74 Å². The maximum absolute atomic E-state index is 14.1. The van der Waals surface area contributed by atoms with Gasteiger partial charge in [0.15, 0.2) is 0 Å².